The Hall–Kier alpha value is -2.21. The molecule has 1 fully saturated rings. The molecule has 1 heterocycles. The third-order valence-corrected chi connectivity index (χ3v) is 3.84. The third kappa shape index (κ3) is 3.11. The van der Waals surface area contributed by atoms with Crippen LogP contribution in [-0.2, 0) is 4.79 Å². The van der Waals surface area contributed by atoms with Crippen molar-refractivity contribution in [1.82, 2.24) is 10.2 Å². The van der Waals surface area contributed by atoms with Crippen LogP contribution in [0.5, 0.6) is 0 Å². The number of nitrogens with one attached hydrogen (secondary N) is 1. The standard InChI is InChI=1S/C15H17N3O3/c19-11-7-5-10(6-8-11)14(20)17-13-4-2-1-3-12(13)15-18-16-9-21-15/h1-4,9-11,19H,5-8H2,(H,17,20). The number of hydrogen-bond acceptors (Lipinski definition) is 5. The fourth-order valence-electron chi connectivity index (χ4n) is 2.64. The Kier molecular flexibility index (Phi) is 3.96. The molecule has 21 heavy (non-hydrogen) atoms. The molecule has 1 aliphatic rings. The van der Waals surface area contributed by atoms with Gasteiger partial charge >= 0.3 is 0 Å². The first-order chi connectivity index (χ1) is 10.2. The summed E-state index contributed by atoms with van der Waals surface area (Å²) in [6, 6.07) is 7.34. The maximum atomic E-state index is 12.3. The monoisotopic (exact) mass is 287 g/mol. The molecule has 0 unspecified atom stereocenters. The molecule has 0 radical (unpaired) electrons. The minimum atomic E-state index is -0.264. The molecule has 1 aromatic carbocycles. The molecule has 1 aromatic heterocycles. The van der Waals surface area contributed by atoms with Gasteiger partial charge in [0, 0.05) is 5.92 Å². The predicted octanol–water partition coefficient (Wildman–Crippen LogP) is 2.23. The van der Waals surface area contributed by atoms with Crippen LogP contribution in [0.15, 0.2) is 35.1 Å². The van der Waals surface area contributed by atoms with Gasteiger partial charge in [-0.2, -0.15) is 0 Å². The topological polar surface area (TPSA) is 88.3 Å². The van der Waals surface area contributed by atoms with E-state index in [0.29, 0.717) is 30.0 Å². The minimum Gasteiger partial charge on any atom is -0.423 e. The number of hydrogen-bond donors (Lipinski definition) is 2. The van der Waals surface area contributed by atoms with Gasteiger partial charge in [0.25, 0.3) is 0 Å². The zero-order chi connectivity index (χ0) is 14.7. The highest BCUT2D eigenvalue weighted by Gasteiger charge is 2.25. The van der Waals surface area contributed by atoms with E-state index in [9.17, 15) is 9.90 Å². The van der Waals surface area contributed by atoms with Crippen LogP contribution in [0.25, 0.3) is 11.5 Å². The summed E-state index contributed by atoms with van der Waals surface area (Å²) in [6.07, 6.45) is 3.80. The predicted molar refractivity (Wildman–Crippen MR) is 76.3 cm³/mol. The molecular weight excluding hydrogens is 270 g/mol. The van der Waals surface area contributed by atoms with Crippen LogP contribution in [-0.4, -0.2) is 27.3 Å². The van der Waals surface area contributed by atoms with E-state index in [0.717, 1.165) is 12.8 Å². The Bertz CT molecular complexity index is 604. The highest BCUT2D eigenvalue weighted by molar-refractivity contribution is 5.96. The Morgan fingerprint density at radius 1 is 1.24 bits per heavy atom. The lowest BCUT2D eigenvalue weighted by molar-refractivity contribution is -0.121. The number of amides is 1. The van der Waals surface area contributed by atoms with Crippen LogP contribution >= 0.6 is 0 Å². The maximum Gasteiger partial charge on any atom is 0.249 e. The van der Waals surface area contributed by atoms with Gasteiger partial charge in [-0.25, -0.2) is 0 Å². The molecule has 6 nitrogen and oxygen atoms in total. The van der Waals surface area contributed by atoms with Crippen LogP contribution in [0.4, 0.5) is 5.69 Å². The van der Waals surface area contributed by atoms with Crippen molar-refractivity contribution in [3.63, 3.8) is 0 Å². The average Bonchev–Trinajstić information content (AvgIpc) is 3.02. The zero-order valence-electron chi connectivity index (χ0n) is 11.5. The number of carbonyl (C=O) groups is 1. The van der Waals surface area contributed by atoms with E-state index in [1.165, 1.54) is 6.39 Å². The van der Waals surface area contributed by atoms with Gasteiger partial charge in [0.1, 0.15) is 0 Å². The molecule has 0 saturated heterocycles. The summed E-state index contributed by atoms with van der Waals surface area (Å²) >= 11 is 0. The van der Waals surface area contributed by atoms with E-state index in [1.807, 2.05) is 24.3 Å². The van der Waals surface area contributed by atoms with Crippen LogP contribution in [0.1, 0.15) is 25.7 Å². The lowest BCUT2D eigenvalue weighted by Gasteiger charge is -2.24. The molecule has 0 atom stereocenters. The number of aromatic nitrogens is 2. The highest BCUT2D eigenvalue weighted by Crippen LogP contribution is 2.29. The zero-order valence-corrected chi connectivity index (χ0v) is 11.5. The molecule has 6 heteroatoms. The van der Waals surface area contributed by atoms with E-state index < -0.39 is 0 Å². The van der Waals surface area contributed by atoms with Gasteiger partial charge in [-0.3, -0.25) is 4.79 Å². The first-order valence-corrected chi connectivity index (χ1v) is 7.08. The van der Waals surface area contributed by atoms with Crippen LogP contribution in [0, 0.1) is 5.92 Å². The SMILES string of the molecule is O=C(Nc1ccccc1-c1nnco1)C1CCC(O)CC1. The lowest BCUT2D eigenvalue weighted by Crippen LogP contribution is -2.28. The Morgan fingerprint density at radius 2 is 2.00 bits per heavy atom. The van der Waals surface area contributed by atoms with E-state index in [4.69, 9.17) is 4.42 Å². The second kappa shape index (κ2) is 6.05. The molecule has 110 valence electrons. The van der Waals surface area contributed by atoms with Gasteiger partial charge in [-0.1, -0.05) is 12.1 Å². The number of aliphatic hydroxyl groups excluding tert-OH is 1. The molecule has 0 aliphatic heterocycles. The van der Waals surface area contributed by atoms with Crippen LogP contribution in [0.2, 0.25) is 0 Å². The van der Waals surface area contributed by atoms with Crippen molar-refractivity contribution < 1.29 is 14.3 Å². The van der Waals surface area contributed by atoms with E-state index in [1.54, 1.807) is 0 Å². The summed E-state index contributed by atoms with van der Waals surface area (Å²) in [6.45, 7) is 0. The van der Waals surface area contributed by atoms with Crippen molar-refractivity contribution >= 4 is 11.6 Å². The van der Waals surface area contributed by atoms with E-state index >= 15 is 0 Å². The Balaban J connectivity index is 1.75. The number of anilines is 1. The van der Waals surface area contributed by atoms with Crippen LogP contribution in [0.3, 0.4) is 0 Å². The van der Waals surface area contributed by atoms with Gasteiger partial charge in [-0.15, -0.1) is 10.2 Å². The van der Waals surface area contributed by atoms with Gasteiger partial charge in [-0.05, 0) is 37.8 Å². The quantitative estimate of drug-likeness (QED) is 0.903. The summed E-state index contributed by atoms with van der Waals surface area (Å²) in [7, 11) is 0. The van der Waals surface area contributed by atoms with Crippen molar-refractivity contribution in [2.24, 2.45) is 5.92 Å². The second-order valence-electron chi connectivity index (χ2n) is 5.28. The van der Waals surface area contributed by atoms with Crippen molar-refractivity contribution in [3.05, 3.63) is 30.7 Å². The summed E-state index contributed by atoms with van der Waals surface area (Å²) in [5, 5.41) is 20.0. The molecule has 1 amide bonds. The Morgan fingerprint density at radius 3 is 2.71 bits per heavy atom. The molecule has 0 spiro atoms. The van der Waals surface area contributed by atoms with Crippen molar-refractivity contribution in [3.8, 4) is 11.5 Å². The largest absolute Gasteiger partial charge is 0.423 e. The Labute approximate surface area is 122 Å². The fourth-order valence-corrected chi connectivity index (χ4v) is 2.64. The number of para-hydroxylation sites is 1. The second-order valence-corrected chi connectivity index (χ2v) is 5.28. The lowest BCUT2D eigenvalue weighted by atomic mass is 9.87. The first-order valence-electron chi connectivity index (χ1n) is 7.08. The van der Waals surface area contributed by atoms with Crippen molar-refractivity contribution in [2.75, 3.05) is 5.32 Å². The first kappa shape index (κ1) is 13.8. The van der Waals surface area contributed by atoms with Gasteiger partial charge in [0.2, 0.25) is 18.2 Å². The van der Waals surface area contributed by atoms with Crippen LogP contribution < -0.4 is 5.32 Å². The number of rotatable bonds is 3. The number of carbonyl (C=O) groups excluding carboxylic acids is 1. The smallest absolute Gasteiger partial charge is 0.249 e. The summed E-state index contributed by atoms with van der Waals surface area (Å²) in [5.41, 5.74) is 1.37. The molecule has 2 N–H and O–H groups in total. The summed E-state index contributed by atoms with van der Waals surface area (Å²) in [4.78, 5) is 12.3. The van der Waals surface area contributed by atoms with Crippen molar-refractivity contribution in [1.29, 1.82) is 0 Å². The molecule has 3 rings (SSSR count). The molecule has 0 bridgehead atoms. The molecule has 2 aromatic rings. The van der Waals surface area contributed by atoms with Gasteiger partial charge in [0.05, 0.1) is 17.4 Å². The number of benzene rings is 1. The number of aliphatic hydroxyl groups is 1. The van der Waals surface area contributed by atoms with Crippen molar-refractivity contribution in [2.45, 2.75) is 31.8 Å². The van der Waals surface area contributed by atoms with Gasteiger partial charge in [0.15, 0.2) is 0 Å². The molecule has 1 saturated carbocycles. The van der Waals surface area contributed by atoms with Gasteiger partial charge < -0.3 is 14.8 Å². The maximum absolute atomic E-state index is 12.3. The summed E-state index contributed by atoms with van der Waals surface area (Å²) in [5.74, 6) is 0.308. The van der Waals surface area contributed by atoms with E-state index in [2.05, 4.69) is 15.5 Å². The third-order valence-electron chi connectivity index (χ3n) is 3.84. The normalized spacial score (nSPS) is 22.0. The highest BCUT2D eigenvalue weighted by atomic mass is 16.4. The minimum absolute atomic E-state index is 0.0196. The fraction of sp³-hybridized carbons (Fsp3) is 0.400. The molecular formula is C15H17N3O3. The number of nitrogens with zero attached hydrogens (tertiary/aromatic N) is 2. The summed E-state index contributed by atoms with van der Waals surface area (Å²) < 4.78 is 5.19. The van der Waals surface area contributed by atoms with E-state index in [-0.39, 0.29) is 17.9 Å². The molecule has 1 aliphatic carbocycles. The average molecular weight is 287 g/mol.